The van der Waals surface area contributed by atoms with Gasteiger partial charge in [0.1, 0.15) is 0 Å². The summed E-state index contributed by atoms with van der Waals surface area (Å²) in [5.74, 6) is 0.575. The van der Waals surface area contributed by atoms with E-state index in [2.05, 4.69) is 18.2 Å². The molecule has 0 amide bonds. The fourth-order valence-electron chi connectivity index (χ4n) is 7.72. The van der Waals surface area contributed by atoms with Crippen LogP contribution in [0.4, 0.5) is 0 Å². The van der Waals surface area contributed by atoms with Gasteiger partial charge in [0.2, 0.25) is 10.0 Å². The highest BCUT2D eigenvalue weighted by Gasteiger charge is 2.68. The summed E-state index contributed by atoms with van der Waals surface area (Å²) >= 11 is 6.94. The normalized spacial score (nSPS) is 38.2. The zero-order valence-corrected chi connectivity index (χ0v) is 19.7. The zero-order valence-electron chi connectivity index (χ0n) is 18.1. The van der Waals surface area contributed by atoms with E-state index < -0.39 is 10.0 Å². The van der Waals surface area contributed by atoms with Crippen LogP contribution in [0.5, 0.6) is 0 Å². The summed E-state index contributed by atoms with van der Waals surface area (Å²) < 4.78 is 30.7. The summed E-state index contributed by atoms with van der Waals surface area (Å²) in [6.45, 7) is 6.61. The molecule has 4 atom stereocenters. The van der Waals surface area contributed by atoms with E-state index in [-0.39, 0.29) is 33.5 Å². The molecule has 4 fully saturated rings. The molecule has 0 aromatic rings. The van der Waals surface area contributed by atoms with Crippen LogP contribution in [-0.2, 0) is 10.0 Å². The molecule has 0 heterocycles. The largest absolute Gasteiger partial charge is 0.217 e. The van der Waals surface area contributed by atoms with Crippen LogP contribution in [0.25, 0.3) is 0 Å². The summed E-state index contributed by atoms with van der Waals surface area (Å²) in [5.41, 5.74) is -0.268. The molecule has 28 heavy (non-hydrogen) atoms. The topological polar surface area (TPSA) is 37.4 Å². The molecule has 0 N–H and O–H groups in total. The third kappa shape index (κ3) is 3.11. The van der Waals surface area contributed by atoms with Gasteiger partial charge in [-0.1, -0.05) is 52.4 Å². The van der Waals surface area contributed by atoms with Crippen molar-refractivity contribution in [2.24, 2.45) is 16.7 Å². The summed E-state index contributed by atoms with van der Waals surface area (Å²) in [6, 6.07) is 0.437. The van der Waals surface area contributed by atoms with Crippen molar-refractivity contribution in [3.05, 3.63) is 0 Å². The van der Waals surface area contributed by atoms with Crippen LogP contribution < -0.4 is 0 Å². The number of alkyl halides is 1. The number of hydrogen-bond donors (Lipinski definition) is 0. The lowest BCUT2D eigenvalue weighted by Crippen LogP contribution is -2.57. The molecule has 0 saturated heterocycles. The Morgan fingerprint density at radius 2 is 1.39 bits per heavy atom. The average molecular weight is 430 g/mol. The van der Waals surface area contributed by atoms with Crippen molar-refractivity contribution in [2.75, 3.05) is 0 Å². The predicted molar refractivity (Wildman–Crippen MR) is 117 cm³/mol. The lowest BCUT2D eigenvalue weighted by Gasteiger charge is -2.49. The molecule has 0 aliphatic heterocycles. The monoisotopic (exact) mass is 429 g/mol. The maximum absolute atomic E-state index is 14.3. The second-order valence-electron chi connectivity index (χ2n) is 10.8. The number of fused-ring (bicyclic) bond motifs is 2. The van der Waals surface area contributed by atoms with E-state index >= 15 is 0 Å². The summed E-state index contributed by atoms with van der Waals surface area (Å²) in [4.78, 5) is 0. The van der Waals surface area contributed by atoms with Gasteiger partial charge in [0, 0.05) is 22.9 Å². The first-order valence-corrected chi connectivity index (χ1v) is 13.8. The zero-order chi connectivity index (χ0) is 20.2. The molecule has 5 heteroatoms. The van der Waals surface area contributed by atoms with Crippen molar-refractivity contribution in [1.29, 1.82) is 0 Å². The van der Waals surface area contributed by atoms with Crippen LogP contribution in [0.3, 0.4) is 0 Å². The Bertz CT molecular complexity index is 648. The SMILES string of the molecule is CC(C12CCC(CC1Cl)C2(C)C)S(=O)(=O)N(C1CCCCC1)C1CCCCC1. The van der Waals surface area contributed by atoms with E-state index in [0.29, 0.717) is 5.92 Å². The van der Waals surface area contributed by atoms with Gasteiger partial charge in [0.15, 0.2) is 0 Å². The van der Waals surface area contributed by atoms with Gasteiger partial charge >= 0.3 is 0 Å². The van der Waals surface area contributed by atoms with E-state index in [1.165, 1.54) is 38.5 Å². The molecule has 0 spiro atoms. The van der Waals surface area contributed by atoms with Crippen LogP contribution in [0, 0.1) is 16.7 Å². The summed E-state index contributed by atoms with van der Waals surface area (Å²) in [5, 5.41) is -0.389. The minimum atomic E-state index is -3.38. The maximum Gasteiger partial charge on any atom is 0.217 e. The van der Waals surface area contributed by atoms with Crippen molar-refractivity contribution in [2.45, 2.75) is 127 Å². The molecule has 4 saturated carbocycles. The molecular weight excluding hydrogens is 390 g/mol. The Hall–Kier alpha value is 0.200. The standard InChI is InChI=1S/C23H40ClNO2S/c1-17(23-15-14-18(16-21(23)24)22(23,2)3)28(26,27)25(19-10-6-4-7-11-19)20-12-8-5-9-13-20/h17-21H,4-16H2,1-3H3. The highest BCUT2D eigenvalue weighted by atomic mass is 35.5. The van der Waals surface area contributed by atoms with Gasteiger partial charge in [-0.05, 0) is 63.2 Å². The van der Waals surface area contributed by atoms with Gasteiger partial charge in [-0.3, -0.25) is 0 Å². The van der Waals surface area contributed by atoms with Gasteiger partial charge < -0.3 is 0 Å². The third-order valence-corrected chi connectivity index (χ3v) is 12.6. The number of nitrogens with zero attached hydrogens (tertiary/aromatic N) is 1. The van der Waals surface area contributed by atoms with Crippen LogP contribution in [-0.4, -0.2) is 35.4 Å². The smallest absolute Gasteiger partial charge is 0.212 e. The van der Waals surface area contributed by atoms with Gasteiger partial charge in [0.25, 0.3) is 0 Å². The third-order valence-electron chi connectivity index (χ3n) is 9.51. The highest BCUT2D eigenvalue weighted by molar-refractivity contribution is 7.89. The number of sulfonamides is 1. The molecule has 4 rings (SSSR count). The average Bonchev–Trinajstić information content (AvgIpc) is 3.04. The van der Waals surface area contributed by atoms with Gasteiger partial charge in [0.05, 0.1) is 5.25 Å². The first-order chi connectivity index (χ1) is 13.2. The first kappa shape index (κ1) is 21.4. The van der Waals surface area contributed by atoms with Gasteiger partial charge in [-0.15, -0.1) is 11.6 Å². The number of hydrogen-bond acceptors (Lipinski definition) is 2. The quantitative estimate of drug-likeness (QED) is 0.494. The van der Waals surface area contributed by atoms with E-state index in [1.54, 1.807) is 0 Å². The van der Waals surface area contributed by atoms with Crippen LogP contribution >= 0.6 is 11.6 Å². The lowest BCUT2D eigenvalue weighted by molar-refractivity contribution is 0.116. The molecule has 4 aliphatic rings. The van der Waals surface area contributed by atoms with Crippen LogP contribution in [0.1, 0.15) is 104 Å². The molecule has 0 aromatic carbocycles. The number of halogens is 1. The Labute approximate surface area is 178 Å². The van der Waals surface area contributed by atoms with E-state index in [1.807, 2.05) is 6.92 Å². The van der Waals surface area contributed by atoms with Crippen molar-refractivity contribution >= 4 is 21.6 Å². The van der Waals surface area contributed by atoms with E-state index in [4.69, 9.17) is 11.6 Å². The molecule has 0 aromatic heterocycles. The second kappa shape index (κ2) is 7.71. The molecule has 162 valence electrons. The van der Waals surface area contributed by atoms with Crippen LogP contribution in [0.15, 0.2) is 0 Å². The predicted octanol–water partition coefficient (Wildman–Crippen LogP) is 6.11. The van der Waals surface area contributed by atoms with Crippen molar-refractivity contribution in [3.8, 4) is 0 Å². The summed E-state index contributed by atoms with van der Waals surface area (Å²) in [6.07, 6.45) is 14.5. The van der Waals surface area contributed by atoms with Crippen molar-refractivity contribution in [3.63, 3.8) is 0 Å². The Kier molecular flexibility index (Phi) is 5.90. The van der Waals surface area contributed by atoms with E-state index in [9.17, 15) is 8.42 Å². The molecule has 2 bridgehead atoms. The second-order valence-corrected chi connectivity index (χ2v) is 13.5. The van der Waals surface area contributed by atoms with Crippen molar-refractivity contribution < 1.29 is 8.42 Å². The lowest BCUT2D eigenvalue weighted by atomic mass is 9.67. The van der Waals surface area contributed by atoms with Gasteiger partial charge in [-0.25, -0.2) is 8.42 Å². The Morgan fingerprint density at radius 3 is 1.79 bits per heavy atom. The molecule has 0 radical (unpaired) electrons. The Morgan fingerprint density at radius 1 is 0.893 bits per heavy atom. The molecule has 4 aliphatic carbocycles. The molecule has 3 nitrogen and oxygen atoms in total. The highest BCUT2D eigenvalue weighted by Crippen LogP contribution is 2.69. The van der Waals surface area contributed by atoms with E-state index in [0.717, 1.165) is 44.9 Å². The maximum atomic E-state index is 14.3. The minimum absolute atomic E-state index is 0.00872. The van der Waals surface area contributed by atoms with Crippen molar-refractivity contribution in [1.82, 2.24) is 4.31 Å². The minimum Gasteiger partial charge on any atom is -0.212 e. The fraction of sp³-hybridized carbons (Fsp3) is 1.00. The fourth-order valence-corrected chi connectivity index (χ4v) is 11.3. The number of rotatable bonds is 5. The van der Waals surface area contributed by atoms with Gasteiger partial charge in [-0.2, -0.15) is 4.31 Å². The summed E-state index contributed by atoms with van der Waals surface area (Å²) in [7, 11) is -3.38. The molecule has 4 unspecified atom stereocenters. The Balaban J connectivity index is 1.70. The van der Waals surface area contributed by atoms with Crippen LogP contribution in [0.2, 0.25) is 0 Å². The molecular formula is C23H40ClNO2S. The first-order valence-electron chi connectivity index (χ1n) is 11.9.